The predicted octanol–water partition coefficient (Wildman–Crippen LogP) is 2.74. The molecule has 0 spiro atoms. The molecule has 1 N–H and O–H groups in total. The van der Waals surface area contributed by atoms with Gasteiger partial charge in [-0.3, -0.25) is 0 Å². The molecule has 0 saturated carbocycles. The summed E-state index contributed by atoms with van der Waals surface area (Å²) < 4.78 is 10.9. The summed E-state index contributed by atoms with van der Waals surface area (Å²) in [5.74, 6) is 0. The number of rotatable bonds is 9. The number of methoxy groups -OCH3 is 1. The first-order valence-corrected chi connectivity index (χ1v) is 7.20. The molecule has 0 aromatic rings. The van der Waals surface area contributed by atoms with Crippen LogP contribution in [0.1, 0.15) is 51.9 Å². The molecule has 1 rings (SSSR count). The van der Waals surface area contributed by atoms with Crippen LogP contribution in [0.25, 0.3) is 0 Å². The van der Waals surface area contributed by atoms with Crippen LogP contribution in [0.3, 0.4) is 0 Å². The van der Waals surface area contributed by atoms with E-state index in [0.29, 0.717) is 12.1 Å². The zero-order valence-electron chi connectivity index (χ0n) is 11.5. The molecule has 1 fully saturated rings. The van der Waals surface area contributed by atoms with Crippen molar-refractivity contribution < 1.29 is 9.47 Å². The van der Waals surface area contributed by atoms with Gasteiger partial charge in [-0.1, -0.05) is 6.92 Å². The van der Waals surface area contributed by atoms with Crippen molar-refractivity contribution in [1.29, 1.82) is 0 Å². The van der Waals surface area contributed by atoms with Crippen molar-refractivity contribution in [3.8, 4) is 0 Å². The van der Waals surface area contributed by atoms with E-state index in [1.165, 1.54) is 38.5 Å². The molecular formula is C14H29NO2. The molecule has 1 aliphatic heterocycles. The Morgan fingerprint density at radius 1 is 1.35 bits per heavy atom. The molecule has 17 heavy (non-hydrogen) atoms. The van der Waals surface area contributed by atoms with Crippen molar-refractivity contribution in [3.05, 3.63) is 0 Å². The van der Waals surface area contributed by atoms with Crippen molar-refractivity contribution >= 4 is 0 Å². The van der Waals surface area contributed by atoms with Gasteiger partial charge in [-0.2, -0.15) is 0 Å². The van der Waals surface area contributed by atoms with Gasteiger partial charge < -0.3 is 14.8 Å². The third-order valence-electron chi connectivity index (χ3n) is 3.50. The maximum atomic E-state index is 5.78. The van der Waals surface area contributed by atoms with Gasteiger partial charge in [-0.15, -0.1) is 0 Å². The number of hydrogen-bond donors (Lipinski definition) is 1. The number of ether oxygens (including phenoxy) is 2. The van der Waals surface area contributed by atoms with Gasteiger partial charge in [-0.25, -0.2) is 0 Å². The largest absolute Gasteiger partial charge is 0.385 e. The fourth-order valence-corrected chi connectivity index (χ4v) is 2.53. The normalized spacial score (nSPS) is 22.6. The summed E-state index contributed by atoms with van der Waals surface area (Å²) in [4.78, 5) is 0. The van der Waals surface area contributed by atoms with Crippen LogP contribution < -0.4 is 5.32 Å². The van der Waals surface area contributed by atoms with Crippen molar-refractivity contribution in [1.82, 2.24) is 5.32 Å². The number of hydrogen-bond acceptors (Lipinski definition) is 3. The van der Waals surface area contributed by atoms with Crippen LogP contribution in [0.5, 0.6) is 0 Å². The Kier molecular flexibility index (Phi) is 8.67. The lowest BCUT2D eigenvalue weighted by molar-refractivity contribution is 0.00834. The first-order valence-electron chi connectivity index (χ1n) is 7.20. The van der Waals surface area contributed by atoms with Crippen LogP contribution in [0.15, 0.2) is 0 Å². The van der Waals surface area contributed by atoms with E-state index in [1.807, 2.05) is 0 Å². The monoisotopic (exact) mass is 243 g/mol. The minimum absolute atomic E-state index is 0.521. The lowest BCUT2D eigenvalue weighted by atomic mass is 9.99. The molecule has 1 heterocycles. The van der Waals surface area contributed by atoms with E-state index in [-0.39, 0.29) is 0 Å². The molecule has 2 unspecified atom stereocenters. The molecule has 1 saturated heterocycles. The zero-order valence-corrected chi connectivity index (χ0v) is 11.5. The molecule has 3 nitrogen and oxygen atoms in total. The Morgan fingerprint density at radius 3 is 2.88 bits per heavy atom. The number of nitrogens with one attached hydrogen (secondary N) is 1. The summed E-state index contributed by atoms with van der Waals surface area (Å²) in [5, 5.41) is 3.57. The Labute approximate surface area is 106 Å². The van der Waals surface area contributed by atoms with Crippen LogP contribution in [-0.2, 0) is 9.47 Å². The summed E-state index contributed by atoms with van der Waals surface area (Å²) in [6.45, 7) is 5.09. The molecule has 0 aliphatic carbocycles. The Hall–Kier alpha value is -0.120. The van der Waals surface area contributed by atoms with Crippen molar-refractivity contribution in [2.75, 3.05) is 26.9 Å². The molecule has 0 radical (unpaired) electrons. The van der Waals surface area contributed by atoms with Gasteiger partial charge in [0.15, 0.2) is 0 Å². The maximum absolute atomic E-state index is 5.78. The minimum Gasteiger partial charge on any atom is -0.385 e. The standard InChI is InChI=1S/C14H29NO2/c1-3-15-13(7-6-11-16-2)9-10-14-8-4-5-12-17-14/h13-15H,3-12H2,1-2H3. The molecule has 0 aromatic heterocycles. The Morgan fingerprint density at radius 2 is 2.24 bits per heavy atom. The lowest BCUT2D eigenvalue weighted by Crippen LogP contribution is -2.31. The van der Waals surface area contributed by atoms with Crippen LogP contribution in [-0.4, -0.2) is 39.0 Å². The van der Waals surface area contributed by atoms with Crippen molar-refractivity contribution in [3.63, 3.8) is 0 Å². The summed E-state index contributed by atoms with van der Waals surface area (Å²) in [7, 11) is 1.78. The second kappa shape index (κ2) is 9.86. The van der Waals surface area contributed by atoms with Crippen LogP contribution >= 0.6 is 0 Å². The molecule has 0 amide bonds. The molecule has 2 atom stereocenters. The quantitative estimate of drug-likeness (QED) is 0.632. The second-order valence-corrected chi connectivity index (χ2v) is 4.96. The highest BCUT2D eigenvalue weighted by molar-refractivity contribution is 4.71. The van der Waals surface area contributed by atoms with Crippen LogP contribution in [0, 0.1) is 0 Å². The molecule has 0 aromatic carbocycles. The average molecular weight is 243 g/mol. The second-order valence-electron chi connectivity index (χ2n) is 4.96. The maximum Gasteiger partial charge on any atom is 0.0575 e. The summed E-state index contributed by atoms with van der Waals surface area (Å²) in [6, 6.07) is 0.640. The summed E-state index contributed by atoms with van der Waals surface area (Å²) in [6.07, 6.45) is 9.20. The third-order valence-corrected chi connectivity index (χ3v) is 3.50. The molecule has 0 bridgehead atoms. The summed E-state index contributed by atoms with van der Waals surface area (Å²) in [5.41, 5.74) is 0. The fourth-order valence-electron chi connectivity index (χ4n) is 2.53. The van der Waals surface area contributed by atoms with E-state index in [1.54, 1.807) is 7.11 Å². The van der Waals surface area contributed by atoms with E-state index < -0.39 is 0 Å². The third kappa shape index (κ3) is 7.02. The first kappa shape index (κ1) is 14.9. The van der Waals surface area contributed by atoms with E-state index in [2.05, 4.69) is 12.2 Å². The van der Waals surface area contributed by atoms with Gasteiger partial charge in [-0.05, 0) is 51.5 Å². The highest BCUT2D eigenvalue weighted by Crippen LogP contribution is 2.18. The van der Waals surface area contributed by atoms with Gasteiger partial charge in [0.2, 0.25) is 0 Å². The molecule has 1 aliphatic rings. The zero-order chi connectivity index (χ0) is 12.3. The van der Waals surface area contributed by atoms with Gasteiger partial charge in [0.1, 0.15) is 0 Å². The van der Waals surface area contributed by atoms with E-state index in [9.17, 15) is 0 Å². The first-order chi connectivity index (χ1) is 8.36. The van der Waals surface area contributed by atoms with Crippen LogP contribution in [0.2, 0.25) is 0 Å². The van der Waals surface area contributed by atoms with Crippen LogP contribution in [0.4, 0.5) is 0 Å². The average Bonchev–Trinajstić information content (AvgIpc) is 2.37. The van der Waals surface area contributed by atoms with Crippen molar-refractivity contribution in [2.24, 2.45) is 0 Å². The predicted molar refractivity (Wildman–Crippen MR) is 71.4 cm³/mol. The molecule has 3 heteroatoms. The summed E-state index contributed by atoms with van der Waals surface area (Å²) >= 11 is 0. The van der Waals surface area contributed by atoms with Gasteiger partial charge in [0.25, 0.3) is 0 Å². The van der Waals surface area contributed by atoms with E-state index >= 15 is 0 Å². The smallest absolute Gasteiger partial charge is 0.0575 e. The van der Waals surface area contributed by atoms with Gasteiger partial charge in [0.05, 0.1) is 6.10 Å². The molecule has 102 valence electrons. The molecular weight excluding hydrogens is 214 g/mol. The van der Waals surface area contributed by atoms with Crippen molar-refractivity contribution in [2.45, 2.75) is 64.0 Å². The Balaban J connectivity index is 2.13. The highest BCUT2D eigenvalue weighted by Gasteiger charge is 2.16. The van der Waals surface area contributed by atoms with E-state index in [4.69, 9.17) is 9.47 Å². The van der Waals surface area contributed by atoms with E-state index in [0.717, 1.165) is 26.2 Å². The SMILES string of the molecule is CCNC(CCCOC)CCC1CCCCO1. The van der Waals surface area contributed by atoms with Gasteiger partial charge in [0, 0.05) is 26.4 Å². The minimum atomic E-state index is 0.521. The highest BCUT2D eigenvalue weighted by atomic mass is 16.5. The Bertz CT molecular complexity index is 170. The van der Waals surface area contributed by atoms with Gasteiger partial charge >= 0.3 is 0 Å². The fraction of sp³-hybridized carbons (Fsp3) is 1.00. The lowest BCUT2D eigenvalue weighted by Gasteiger charge is -2.25. The topological polar surface area (TPSA) is 30.5 Å².